The van der Waals surface area contributed by atoms with Gasteiger partial charge in [-0.15, -0.1) is 0 Å². The molecule has 0 atom stereocenters. The van der Waals surface area contributed by atoms with E-state index in [0.717, 1.165) is 0 Å². The van der Waals surface area contributed by atoms with Crippen LogP contribution in [0.2, 0.25) is 0 Å². The molecule has 0 aliphatic carbocycles. The van der Waals surface area contributed by atoms with Gasteiger partial charge in [-0.05, 0) is 28.7 Å². The number of carboxylic acids is 1. The Morgan fingerprint density at radius 1 is 1.73 bits per heavy atom. The predicted octanol–water partition coefficient (Wildman–Crippen LogP) is 0.967. The number of hydrogen-bond donors (Lipinski definition) is 2. The van der Waals surface area contributed by atoms with E-state index >= 15 is 0 Å². The third-order valence-electron chi connectivity index (χ3n) is 1.15. The minimum Gasteiger partial charge on any atom is -0.478 e. The van der Waals surface area contributed by atoms with Crippen LogP contribution in [0.1, 0.15) is 10.4 Å². The summed E-state index contributed by atoms with van der Waals surface area (Å²) in [6.07, 6.45) is 1.48. The smallest absolute Gasteiger partial charge is 0.340 e. The van der Waals surface area contributed by atoms with Crippen LogP contribution in [0.15, 0.2) is 12.3 Å². The van der Waals surface area contributed by atoms with Crippen molar-refractivity contribution in [2.24, 2.45) is 0 Å². The van der Waals surface area contributed by atoms with Gasteiger partial charge < -0.3 is 10.8 Å². The summed E-state index contributed by atoms with van der Waals surface area (Å²) in [5.41, 5.74) is 5.72. The van der Waals surface area contributed by atoms with Crippen molar-refractivity contribution in [1.29, 1.82) is 0 Å². The van der Waals surface area contributed by atoms with Gasteiger partial charge in [-0.1, -0.05) is 0 Å². The number of aromatic nitrogens is 1. The van der Waals surface area contributed by atoms with Crippen molar-refractivity contribution in [2.75, 3.05) is 5.73 Å². The molecule has 1 aromatic heterocycles. The highest BCUT2D eigenvalue weighted by molar-refractivity contribution is 14.1. The molecular weight excluding hydrogens is 259 g/mol. The van der Waals surface area contributed by atoms with E-state index in [9.17, 15) is 4.79 Å². The van der Waals surface area contributed by atoms with Crippen molar-refractivity contribution in [2.45, 2.75) is 0 Å². The molecule has 4 nitrogen and oxygen atoms in total. The summed E-state index contributed by atoms with van der Waals surface area (Å²) in [4.78, 5) is 14.3. The van der Waals surface area contributed by atoms with Crippen molar-refractivity contribution >= 4 is 34.2 Å². The molecular formula is C6H5IN2O2. The molecule has 5 heteroatoms. The van der Waals surface area contributed by atoms with Crippen molar-refractivity contribution < 1.29 is 9.90 Å². The standard InChI is InChI=1S/C6H5IN2O2/c7-5-4(6(10)11)3(8)1-2-9-5/h1-2H,(H2,8,9)(H,10,11). The van der Waals surface area contributed by atoms with Gasteiger partial charge in [0.25, 0.3) is 0 Å². The summed E-state index contributed by atoms with van der Waals surface area (Å²) in [5.74, 6) is -1.04. The summed E-state index contributed by atoms with van der Waals surface area (Å²) >= 11 is 1.83. The Morgan fingerprint density at radius 3 is 2.73 bits per heavy atom. The van der Waals surface area contributed by atoms with E-state index in [-0.39, 0.29) is 11.3 Å². The number of pyridine rings is 1. The molecule has 11 heavy (non-hydrogen) atoms. The maximum Gasteiger partial charge on any atom is 0.340 e. The summed E-state index contributed by atoms with van der Waals surface area (Å²) in [6, 6.07) is 1.46. The van der Waals surface area contributed by atoms with Crippen LogP contribution in [0.3, 0.4) is 0 Å². The number of carboxylic acid groups (broad SMARTS) is 1. The first kappa shape index (κ1) is 8.25. The summed E-state index contributed by atoms with van der Waals surface area (Å²) in [7, 11) is 0. The van der Waals surface area contributed by atoms with E-state index < -0.39 is 5.97 Å². The monoisotopic (exact) mass is 264 g/mol. The molecule has 1 aromatic rings. The zero-order valence-electron chi connectivity index (χ0n) is 5.41. The molecule has 0 radical (unpaired) electrons. The third-order valence-corrected chi connectivity index (χ3v) is 1.97. The average Bonchev–Trinajstić information content (AvgIpc) is 1.85. The Morgan fingerprint density at radius 2 is 2.36 bits per heavy atom. The zero-order chi connectivity index (χ0) is 8.43. The lowest BCUT2D eigenvalue weighted by atomic mass is 10.2. The van der Waals surface area contributed by atoms with Crippen LogP contribution in [0.25, 0.3) is 0 Å². The van der Waals surface area contributed by atoms with Crippen molar-refractivity contribution in [1.82, 2.24) is 4.98 Å². The fourth-order valence-electron chi connectivity index (χ4n) is 0.662. The fraction of sp³-hybridized carbons (Fsp3) is 0. The number of anilines is 1. The number of halogens is 1. The van der Waals surface area contributed by atoms with Crippen LogP contribution in [0.5, 0.6) is 0 Å². The number of carbonyl (C=O) groups is 1. The van der Waals surface area contributed by atoms with E-state index in [1.807, 2.05) is 22.6 Å². The number of rotatable bonds is 1. The van der Waals surface area contributed by atoms with Gasteiger partial charge >= 0.3 is 5.97 Å². The maximum atomic E-state index is 10.5. The minimum absolute atomic E-state index is 0.0769. The molecule has 0 aliphatic heterocycles. The Balaban J connectivity index is 3.32. The molecule has 0 bridgehead atoms. The first-order chi connectivity index (χ1) is 5.13. The van der Waals surface area contributed by atoms with Crippen LogP contribution in [0, 0.1) is 3.70 Å². The quantitative estimate of drug-likeness (QED) is 0.585. The Kier molecular flexibility index (Phi) is 2.28. The largest absolute Gasteiger partial charge is 0.478 e. The topological polar surface area (TPSA) is 76.2 Å². The van der Waals surface area contributed by atoms with Gasteiger partial charge in [0.2, 0.25) is 0 Å². The Bertz CT molecular complexity index is 280. The molecule has 0 fully saturated rings. The van der Waals surface area contributed by atoms with E-state index in [1.54, 1.807) is 0 Å². The Hall–Kier alpha value is -0.850. The van der Waals surface area contributed by atoms with Gasteiger partial charge in [0.15, 0.2) is 0 Å². The molecule has 1 rings (SSSR count). The molecule has 0 amide bonds. The Labute approximate surface area is 76.6 Å². The molecule has 0 saturated heterocycles. The lowest BCUT2D eigenvalue weighted by Gasteiger charge is -2.00. The molecule has 0 saturated carbocycles. The average molecular weight is 264 g/mol. The number of hydrogen-bond acceptors (Lipinski definition) is 3. The van der Waals surface area contributed by atoms with Gasteiger partial charge in [-0.25, -0.2) is 9.78 Å². The van der Waals surface area contributed by atoms with E-state index in [2.05, 4.69) is 4.98 Å². The highest BCUT2D eigenvalue weighted by Gasteiger charge is 2.11. The third kappa shape index (κ3) is 1.59. The first-order valence-electron chi connectivity index (χ1n) is 2.76. The normalized spacial score (nSPS) is 9.55. The van der Waals surface area contributed by atoms with Crippen molar-refractivity contribution in [3.63, 3.8) is 0 Å². The van der Waals surface area contributed by atoms with Crippen LogP contribution < -0.4 is 5.73 Å². The number of aromatic carboxylic acids is 1. The van der Waals surface area contributed by atoms with Crippen LogP contribution in [0.4, 0.5) is 5.69 Å². The number of nitrogens with two attached hydrogens (primary N) is 1. The predicted molar refractivity (Wildman–Crippen MR) is 48.3 cm³/mol. The highest BCUT2D eigenvalue weighted by Crippen LogP contribution is 2.15. The van der Waals surface area contributed by atoms with Gasteiger partial charge in [0.05, 0.1) is 5.69 Å². The van der Waals surface area contributed by atoms with Gasteiger partial charge in [-0.2, -0.15) is 0 Å². The second-order valence-corrected chi connectivity index (χ2v) is 2.89. The van der Waals surface area contributed by atoms with Crippen molar-refractivity contribution in [3.05, 3.63) is 21.5 Å². The maximum absolute atomic E-state index is 10.5. The van der Waals surface area contributed by atoms with Gasteiger partial charge in [0.1, 0.15) is 9.26 Å². The van der Waals surface area contributed by atoms with Crippen molar-refractivity contribution in [3.8, 4) is 0 Å². The SMILES string of the molecule is Nc1ccnc(I)c1C(=O)O. The summed E-state index contributed by atoms with van der Waals surface area (Å²) in [6.45, 7) is 0. The number of nitrogen functional groups attached to an aromatic ring is 1. The number of nitrogens with zero attached hydrogens (tertiary/aromatic N) is 1. The van der Waals surface area contributed by atoms with Gasteiger partial charge in [0, 0.05) is 6.20 Å². The lowest BCUT2D eigenvalue weighted by Crippen LogP contribution is -2.06. The molecule has 0 spiro atoms. The molecule has 0 aromatic carbocycles. The van der Waals surface area contributed by atoms with E-state index in [1.165, 1.54) is 12.3 Å². The summed E-state index contributed by atoms with van der Waals surface area (Å²) < 4.78 is 0.412. The van der Waals surface area contributed by atoms with E-state index in [0.29, 0.717) is 3.70 Å². The van der Waals surface area contributed by atoms with Crippen LogP contribution in [-0.4, -0.2) is 16.1 Å². The molecule has 3 N–H and O–H groups in total. The molecule has 1 heterocycles. The van der Waals surface area contributed by atoms with E-state index in [4.69, 9.17) is 10.8 Å². The zero-order valence-corrected chi connectivity index (χ0v) is 7.57. The minimum atomic E-state index is -1.04. The molecule has 0 unspecified atom stereocenters. The van der Waals surface area contributed by atoms with Crippen LogP contribution >= 0.6 is 22.6 Å². The highest BCUT2D eigenvalue weighted by atomic mass is 127. The summed E-state index contributed by atoms with van der Waals surface area (Å²) in [5, 5.41) is 8.62. The second kappa shape index (κ2) is 3.04. The first-order valence-corrected chi connectivity index (χ1v) is 3.84. The van der Waals surface area contributed by atoms with Crippen LogP contribution in [-0.2, 0) is 0 Å². The fourth-order valence-corrected chi connectivity index (χ4v) is 1.36. The molecule has 0 aliphatic rings. The second-order valence-electron chi connectivity index (χ2n) is 1.87. The molecule has 58 valence electrons. The van der Waals surface area contributed by atoms with Gasteiger partial charge in [-0.3, -0.25) is 0 Å². The lowest BCUT2D eigenvalue weighted by molar-refractivity contribution is 0.0696.